The summed E-state index contributed by atoms with van der Waals surface area (Å²) < 4.78 is 7.64. The van der Waals surface area contributed by atoms with Crippen LogP contribution in [0.2, 0.25) is 5.02 Å². The van der Waals surface area contributed by atoms with E-state index in [0.29, 0.717) is 29.5 Å². The molecule has 2 heterocycles. The zero-order chi connectivity index (χ0) is 17.2. The number of para-hydroxylation sites is 1. The lowest BCUT2D eigenvalue weighted by atomic mass is 10.2. The number of halogens is 1. The van der Waals surface area contributed by atoms with Crippen LogP contribution in [-0.4, -0.2) is 23.6 Å². The zero-order valence-corrected chi connectivity index (χ0v) is 14.3. The summed E-state index contributed by atoms with van der Waals surface area (Å²) in [6.45, 7) is 1.68. The Kier molecular flexibility index (Phi) is 4.20. The van der Waals surface area contributed by atoms with Gasteiger partial charge in [0.2, 0.25) is 0 Å². The molecule has 4 nitrogen and oxygen atoms in total. The fraction of sp³-hybridized carbons (Fsp3) is 0.150. The minimum atomic E-state index is -0.0429. The van der Waals surface area contributed by atoms with Crippen LogP contribution < -0.4 is 9.64 Å². The van der Waals surface area contributed by atoms with Gasteiger partial charge in [0.1, 0.15) is 6.61 Å². The first-order valence-electron chi connectivity index (χ1n) is 8.15. The van der Waals surface area contributed by atoms with Gasteiger partial charge >= 0.3 is 0 Å². The van der Waals surface area contributed by atoms with Gasteiger partial charge in [0.05, 0.1) is 22.8 Å². The van der Waals surface area contributed by atoms with Crippen molar-refractivity contribution in [2.45, 2.75) is 6.54 Å². The highest BCUT2D eigenvalue weighted by molar-refractivity contribution is 6.32. The summed E-state index contributed by atoms with van der Waals surface area (Å²) in [7, 11) is 0. The normalized spacial score (nSPS) is 13.2. The summed E-state index contributed by atoms with van der Waals surface area (Å²) in [4.78, 5) is 14.7. The second-order valence-electron chi connectivity index (χ2n) is 5.95. The second kappa shape index (κ2) is 6.65. The van der Waals surface area contributed by atoms with Crippen molar-refractivity contribution in [1.82, 2.24) is 4.57 Å². The van der Waals surface area contributed by atoms with Gasteiger partial charge in [0, 0.05) is 18.9 Å². The summed E-state index contributed by atoms with van der Waals surface area (Å²) in [6, 6.07) is 17.5. The maximum Gasteiger partial charge on any atom is 0.260 e. The molecule has 0 N–H and O–H groups in total. The van der Waals surface area contributed by atoms with Crippen LogP contribution in [0.25, 0.3) is 0 Å². The van der Waals surface area contributed by atoms with Crippen LogP contribution in [-0.2, 0) is 6.54 Å². The van der Waals surface area contributed by atoms with Crippen molar-refractivity contribution in [3.63, 3.8) is 0 Å². The summed E-state index contributed by atoms with van der Waals surface area (Å²) in [6.07, 6.45) is 3.81. The molecule has 0 spiro atoms. The SMILES string of the molecule is O=C(c1ccn(Cc2ccccc2)c1)N1CCOc2c(Cl)cccc21. The van der Waals surface area contributed by atoms with Gasteiger partial charge in [0.15, 0.2) is 5.75 Å². The summed E-state index contributed by atoms with van der Waals surface area (Å²) in [5.74, 6) is 0.533. The lowest BCUT2D eigenvalue weighted by molar-refractivity contribution is 0.0976. The molecule has 1 aliphatic rings. The highest BCUT2D eigenvalue weighted by Crippen LogP contribution is 2.38. The minimum absolute atomic E-state index is 0.0429. The molecule has 25 heavy (non-hydrogen) atoms. The zero-order valence-electron chi connectivity index (χ0n) is 13.6. The second-order valence-corrected chi connectivity index (χ2v) is 6.36. The van der Waals surface area contributed by atoms with Gasteiger partial charge in [-0.15, -0.1) is 0 Å². The number of hydrogen-bond donors (Lipinski definition) is 0. The van der Waals surface area contributed by atoms with Crippen LogP contribution >= 0.6 is 11.6 Å². The van der Waals surface area contributed by atoms with E-state index in [4.69, 9.17) is 16.3 Å². The van der Waals surface area contributed by atoms with Gasteiger partial charge in [-0.2, -0.15) is 0 Å². The van der Waals surface area contributed by atoms with Crippen molar-refractivity contribution in [1.29, 1.82) is 0 Å². The van der Waals surface area contributed by atoms with Crippen molar-refractivity contribution >= 4 is 23.2 Å². The fourth-order valence-electron chi connectivity index (χ4n) is 3.04. The molecule has 0 aliphatic carbocycles. The molecule has 0 radical (unpaired) electrons. The number of ether oxygens (including phenoxy) is 1. The largest absolute Gasteiger partial charge is 0.488 e. The predicted molar refractivity (Wildman–Crippen MR) is 98.6 cm³/mol. The Labute approximate surface area is 151 Å². The maximum atomic E-state index is 13.0. The molecule has 1 aromatic heterocycles. The molecule has 126 valence electrons. The Morgan fingerprint density at radius 2 is 1.92 bits per heavy atom. The number of amides is 1. The molecule has 1 amide bonds. The number of aromatic nitrogens is 1. The number of hydrogen-bond acceptors (Lipinski definition) is 2. The minimum Gasteiger partial charge on any atom is -0.488 e. The number of anilines is 1. The molecular weight excluding hydrogens is 336 g/mol. The first kappa shape index (κ1) is 15.8. The maximum absolute atomic E-state index is 13.0. The molecule has 3 aromatic rings. The van der Waals surface area contributed by atoms with Crippen LogP contribution in [0, 0.1) is 0 Å². The number of fused-ring (bicyclic) bond motifs is 1. The van der Waals surface area contributed by atoms with Crippen molar-refractivity contribution < 1.29 is 9.53 Å². The van der Waals surface area contributed by atoms with E-state index in [1.54, 1.807) is 11.0 Å². The average Bonchev–Trinajstić information content (AvgIpc) is 3.10. The Morgan fingerprint density at radius 3 is 2.76 bits per heavy atom. The Balaban J connectivity index is 1.58. The molecule has 0 saturated heterocycles. The molecular formula is C20H17ClN2O2. The standard InChI is InChI=1S/C20H17ClN2O2/c21-17-7-4-8-18-19(17)25-12-11-23(18)20(24)16-9-10-22(14-16)13-15-5-2-1-3-6-15/h1-10,14H,11-13H2. The Morgan fingerprint density at radius 1 is 1.08 bits per heavy atom. The fourth-order valence-corrected chi connectivity index (χ4v) is 3.26. The third-order valence-electron chi connectivity index (χ3n) is 4.25. The van der Waals surface area contributed by atoms with E-state index in [-0.39, 0.29) is 5.91 Å². The highest BCUT2D eigenvalue weighted by Gasteiger charge is 2.26. The van der Waals surface area contributed by atoms with Crippen molar-refractivity contribution in [3.8, 4) is 5.75 Å². The van der Waals surface area contributed by atoms with Gasteiger partial charge in [-0.05, 0) is 23.8 Å². The third kappa shape index (κ3) is 3.13. The van der Waals surface area contributed by atoms with Gasteiger partial charge in [-0.1, -0.05) is 48.0 Å². The molecule has 0 bridgehead atoms. The Hall–Kier alpha value is -2.72. The molecule has 0 unspecified atom stereocenters. The van der Waals surface area contributed by atoms with Crippen molar-refractivity contribution in [3.05, 3.63) is 83.1 Å². The Bertz CT molecular complexity index is 905. The van der Waals surface area contributed by atoms with Gasteiger partial charge in [0.25, 0.3) is 5.91 Å². The summed E-state index contributed by atoms with van der Waals surface area (Å²) in [5.41, 5.74) is 2.57. The first-order chi connectivity index (χ1) is 12.2. The van der Waals surface area contributed by atoms with E-state index in [0.717, 1.165) is 12.2 Å². The number of nitrogens with zero attached hydrogens (tertiary/aromatic N) is 2. The molecule has 5 heteroatoms. The van der Waals surface area contributed by atoms with E-state index < -0.39 is 0 Å². The van der Waals surface area contributed by atoms with E-state index in [2.05, 4.69) is 12.1 Å². The molecule has 0 fully saturated rings. The first-order valence-corrected chi connectivity index (χ1v) is 8.53. The van der Waals surface area contributed by atoms with Crippen molar-refractivity contribution in [2.24, 2.45) is 0 Å². The number of rotatable bonds is 3. The summed E-state index contributed by atoms with van der Waals surface area (Å²) >= 11 is 6.19. The molecule has 0 atom stereocenters. The van der Waals surface area contributed by atoms with E-state index in [1.807, 2.05) is 53.4 Å². The van der Waals surface area contributed by atoms with Crippen LogP contribution in [0.15, 0.2) is 67.0 Å². The van der Waals surface area contributed by atoms with Crippen LogP contribution in [0.5, 0.6) is 5.75 Å². The van der Waals surface area contributed by atoms with E-state index in [1.165, 1.54) is 5.56 Å². The molecule has 0 saturated carbocycles. The average molecular weight is 353 g/mol. The van der Waals surface area contributed by atoms with E-state index >= 15 is 0 Å². The van der Waals surface area contributed by atoms with Gasteiger partial charge in [-0.3, -0.25) is 4.79 Å². The molecule has 2 aromatic carbocycles. The highest BCUT2D eigenvalue weighted by atomic mass is 35.5. The van der Waals surface area contributed by atoms with Crippen LogP contribution in [0.4, 0.5) is 5.69 Å². The molecule has 4 rings (SSSR count). The van der Waals surface area contributed by atoms with Gasteiger partial charge < -0.3 is 14.2 Å². The lowest BCUT2D eigenvalue weighted by Gasteiger charge is -2.29. The predicted octanol–water partition coefficient (Wildman–Crippen LogP) is 4.23. The summed E-state index contributed by atoms with van der Waals surface area (Å²) in [5, 5.41) is 0.525. The quantitative estimate of drug-likeness (QED) is 0.707. The van der Waals surface area contributed by atoms with Gasteiger partial charge in [-0.25, -0.2) is 0 Å². The lowest BCUT2D eigenvalue weighted by Crippen LogP contribution is -2.37. The monoisotopic (exact) mass is 352 g/mol. The number of carbonyl (C=O) groups is 1. The van der Waals surface area contributed by atoms with Crippen LogP contribution in [0.3, 0.4) is 0 Å². The number of carbonyl (C=O) groups excluding carboxylic acids is 1. The molecule has 1 aliphatic heterocycles. The number of benzene rings is 2. The third-order valence-corrected chi connectivity index (χ3v) is 4.55. The smallest absolute Gasteiger partial charge is 0.260 e. The van der Waals surface area contributed by atoms with E-state index in [9.17, 15) is 4.79 Å². The van der Waals surface area contributed by atoms with Crippen molar-refractivity contribution in [2.75, 3.05) is 18.1 Å². The van der Waals surface area contributed by atoms with Crippen LogP contribution in [0.1, 0.15) is 15.9 Å². The topological polar surface area (TPSA) is 34.5 Å².